The fourth-order valence-corrected chi connectivity index (χ4v) is 5.37. The maximum atomic E-state index is 13.2. The Kier molecular flexibility index (Phi) is 8.58. The number of alkyl halides is 3. The molecular weight excluding hydrogens is 514 g/mol. The van der Waals surface area contributed by atoms with Gasteiger partial charge in [-0.15, -0.1) is 0 Å². The third-order valence-corrected chi connectivity index (χ3v) is 7.45. The van der Waals surface area contributed by atoms with Crippen LogP contribution in [0.5, 0.6) is 0 Å². The summed E-state index contributed by atoms with van der Waals surface area (Å²) in [6.07, 6.45) is -1.33. The average Bonchev–Trinajstić information content (AvgIpc) is 2.84. The summed E-state index contributed by atoms with van der Waals surface area (Å²) in [7, 11) is 0. The number of halogens is 5. The quantitative estimate of drug-likeness (QED) is 0.457. The predicted octanol–water partition coefficient (Wildman–Crippen LogP) is 6.41. The Balaban J connectivity index is 1.18. The molecule has 1 heterocycles. The first kappa shape index (κ1) is 26.9. The average molecular weight is 544 g/mol. The van der Waals surface area contributed by atoms with Gasteiger partial charge in [0, 0.05) is 42.9 Å². The maximum Gasteiger partial charge on any atom is 0.416 e. The molecule has 0 spiro atoms. The zero-order valence-corrected chi connectivity index (χ0v) is 21.6. The number of ether oxygens (including phenoxy) is 1. The van der Waals surface area contributed by atoms with E-state index in [4.69, 9.17) is 27.9 Å². The molecule has 36 heavy (non-hydrogen) atoms. The molecule has 2 aliphatic rings. The van der Waals surface area contributed by atoms with Crippen molar-refractivity contribution in [2.45, 2.75) is 50.9 Å². The highest BCUT2D eigenvalue weighted by Gasteiger charge is 2.33. The summed E-state index contributed by atoms with van der Waals surface area (Å²) in [5, 5.41) is 4.41. The molecule has 10 heteroatoms. The lowest BCUT2D eigenvalue weighted by molar-refractivity contribution is -0.139. The molecule has 2 fully saturated rings. The lowest BCUT2D eigenvalue weighted by Gasteiger charge is -2.37. The lowest BCUT2D eigenvalue weighted by atomic mass is 9.92. The van der Waals surface area contributed by atoms with E-state index in [2.05, 4.69) is 10.2 Å². The number of nitrogens with one attached hydrogen (secondary N) is 1. The minimum absolute atomic E-state index is 0.0232. The van der Waals surface area contributed by atoms with E-state index in [-0.39, 0.29) is 30.2 Å². The lowest BCUT2D eigenvalue weighted by Crippen LogP contribution is -2.50. The molecule has 0 radical (unpaired) electrons. The Bertz CT molecular complexity index is 1070. The fraction of sp³-hybridized carbons (Fsp3) is 0.500. The van der Waals surface area contributed by atoms with Crippen LogP contribution in [0.4, 0.5) is 24.5 Å². The number of hydrogen-bond acceptors (Lipinski definition) is 4. The van der Waals surface area contributed by atoms with E-state index >= 15 is 0 Å². The molecule has 0 unspecified atom stereocenters. The van der Waals surface area contributed by atoms with Gasteiger partial charge in [-0.25, -0.2) is 0 Å². The SMILES string of the molecule is Cc1ccc(NC2CCC(OCC(=O)N3CCN(c4ccc(Cl)cc4Cl)CC3)CC2)cc1C(F)(F)F. The second-order valence-corrected chi connectivity index (χ2v) is 10.3. The molecule has 0 aromatic heterocycles. The molecule has 1 aliphatic heterocycles. The van der Waals surface area contributed by atoms with Crippen LogP contribution >= 0.6 is 23.2 Å². The number of benzene rings is 2. The molecule has 5 nitrogen and oxygen atoms in total. The first-order valence-corrected chi connectivity index (χ1v) is 12.9. The van der Waals surface area contributed by atoms with E-state index in [1.54, 1.807) is 18.2 Å². The Morgan fingerprint density at radius 1 is 1.03 bits per heavy atom. The van der Waals surface area contributed by atoms with Gasteiger partial charge < -0.3 is 19.9 Å². The predicted molar refractivity (Wildman–Crippen MR) is 137 cm³/mol. The van der Waals surface area contributed by atoms with Crippen molar-refractivity contribution in [1.29, 1.82) is 0 Å². The van der Waals surface area contributed by atoms with Crippen LogP contribution in [0.25, 0.3) is 0 Å². The maximum absolute atomic E-state index is 13.2. The van der Waals surface area contributed by atoms with Crippen molar-refractivity contribution in [3.8, 4) is 0 Å². The smallest absolute Gasteiger partial charge is 0.382 e. The van der Waals surface area contributed by atoms with Crippen LogP contribution in [0.15, 0.2) is 36.4 Å². The first-order valence-electron chi connectivity index (χ1n) is 12.1. The van der Waals surface area contributed by atoms with Crippen LogP contribution in [-0.4, -0.2) is 55.7 Å². The molecule has 0 bridgehead atoms. The van der Waals surface area contributed by atoms with Gasteiger partial charge in [-0.3, -0.25) is 4.79 Å². The number of anilines is 2. The number of hydrogen-bond donors (Lipinski definition) is 1. The van der Waals surface area contributed by atoms with Crippen molar-refractivity contribution in [3.63, 3.8) is 0 Å². The number of piperazine rings is 1. The third kappa shape index (κ3) is 6.78. The van der Waals surface area contributed by atoms with Crippen molar-refractivity contribution < 1.29 is 22.7 Å². The third-order valence-electron chi connectivity index (χ3n) is 6.91. The van der Waals surface area contributed by atoms with Gasteiger partial charge in [0.05, 0.1) is 22.4 Å². The van der Waals surface area contributed by atoms with Gasteiger partial charge in [0.15, 0.2) is 0 Å². The van der Waals surface area contributed by atoms with E-state index in [9.17, 15) is 18.0 Å². The summed E-state index contributed by atoms with van der Waals surface area (Å²) in [6.45, 7) is 4.05. The zero-order valence-electron chi connectivity index (χ0n) is 20.1. The molecule has 1 N–H and O–H groups in total. The van der Waals surface area contributed by atoms with Crippen molar-refractivity contribution in [2.75, 3.05) is 43.0 Å². The van der Waals surface area contributed by atoms with Gasteiger partial charge in [-0.05, 0) is 68.5 Å². The first-order chi connectivity index (χ1) is 17.1. The molecule has 2 aromatic rings. The Morgan fingerprint density at radius 2 is 1.72 bits per heavy atom. The van der Waals surface area contributed by atoms with Gasteiger partial charge in [0.1, 0.15) is 6.61 Å². The van der Waals surface area contributed by atoms with Gasteiger partial charge in [0.25, 0.3) is 0 Å². The van der Waals surface area contributed by atoms with E-state index in [0.717, 1.165) is 31.4 Å². The number of aryl methyl sites for hydroxylation is 1. The minimum Gasteiger partial charge on any atom is -0.382 e. The highest BCUT2D eigenvalue weighted by Crippen LogP contribution is 2.34. The molecule has 2 aromatic carbocycles. The Hall–Kier alpha value is -2.16. The van der Waals surface area contributed by atoms with Crippen LogP contribution in [0.2, 0.25) is 10.0 Å². The van der Waals surface area contributed by atoms with E-state index < -0.39 is 11.7 Å². The van der Waals surface area contributed by atoms with Gasteiger partial charge in [-0.1, -0.05) is 29.3 Å². The van der Waals surface area contributed by atoms with Crippen LogP contribution in [0.1, 0.15) is 36.8 Å². The van der Waals surface area contributed by atoms with Gasteiger partial charge in [-0.2, -0.15) is 13.2 Å². The second kappa shape index (κ2) is 11.5. The van der Waals surface area contributed by atoms with Crippen LogP contribution in [0.3, 0.4) is 0 Å². The minimum atomic E-state index is -4.37. The normalized spacial score (nSPS) is 20.9. The topological polar surface area (TPSA) is 44.8 Å². The van der Waals surface area contributed by atoms with E-state index in [1.165, 1.54) is 19.1 Å². The molecule has 1 aliphatic carbocycles. The molecule has 196 valence electrons. The monoisotopic (exact) mass is 543 g/mol. The van der Waals surface area contributed by atoms with Crippen molar-refractivity contribution in [3.05, 3.63) is 57.6 Å². The highest BCUT2D eigenvalue weighted by molar-refractivity contribution is 6.36. The summed E-state index contributed by atoms with van der Waals surface area (Å²) in [4.78, 5) is 16.6. The zero-order chi connectivity index (χ0) is 25.9. The molecule has 1 saturated heterocycles. The fourth-order valence-electron chi connectivity index (χ4n) is 4.84. The molecule has 0 atom stereocenters. The van der Waals surface area contributed by atoms with Gasteiger partial charge in [0.2, 0.25) is 5.91 Å². The second-order valence-electron chi connectivity index (χ2n) is 9.42. The number of carbonyl (C=O) groups is 1. The molecule has 1 amide bonds. The molecule has 4 rings (SSSR count). The highest BCUT2D eigenvalue weighted by atomic mass is 35.5. The Labute approximate surface area is 219 Å². The number of amides is 1. The number of rotatable bonds is 6. The van der Waals surface area contributed by atoms with Crippen LogP contribution in [0, 0.1) is 6.92 Å². The summed E-state index contributed by atoms with van der Waals surface area (Å²) >= 11 is 12.3. The Morgan fingerprint density at radius 3 is 2.36 bits per heavy atom. The summed E-state index contributed by atoms with van der Waals surface area (Å²) < 4.78 is 45.4. The van der Waals surface area contributed by atoms with Crippen molar-refractivity contribution in [2.24, 2.45) is 0 Å². The molecular formula is C26H30Cl2F3N3O2. The van der Waals surface area contributed by atoms with Crippen LogP contribution in [-0.2, 0) is 15.7 Å². The van der Waals surface area contributed by atoms with Crippen molar-refractivity contribution in [1.82, 2.24) is 4.90 Å². The molecule has 1 saturated carbocycles. The summed E-state index contributed by atoms with van der Waals surface area (Å²) in [6, 6.07) is 9.86. The summed E-state index contributed by atoms with van der Waals surface area (Å²) in [5.41, 5.74) is 0.992. The van der Waals surface area contributed by atoms with Gasteiger partial charge >= 0.3 is 6.18 Å². The summed E-state index contributed by atoms with van der Waals surface area (Å²) in [5.74, 6) is -0.0311. The number of nitrogens with zero attached hydrogens (tertiary/aromatic N) is 2. The van der Waals surface area contributed by atoms with Crippen molar-refractivity contribution >= 4 is 40.5 Å². The number of carbonyl (C=O) groups excluding carboxylic acids is 1. The van der Waals surface area contributed by atoms with E-state index in [1.807, 2.05) is 11.0 Å². The van der Waals surface area contributed by atoms with E-state index in [0.29, 0.717) is 41.9 Å². The van der Waals surface area contributed by atoms with Crippen LogP contribution < -0.4 is 10.2 Å². The largest absolute Gasteiger partial charge is 0.416 e. The standard InChI is InChI=1S/C26H30Cl2F3N3O2/c1-17-2-4-20(15-22(17)26(29,30)31)32-19-5-7-21(8-6-19)36-16-25(35)34-12-10-33(11-13-34)24-9-3-18(27)14-23(24)28/h2-4,9,14-15,19,21,32H,5-8,10-13,16H2,1H3.